The lowest BCUT2D eigenvalue weighted by atomic mass is 9.45. The molecule has 4 atom stereocenters. The topological polar surface area (TPSA) is 29.5 Å². The van der Waals surface area contributed by atoms with Gasteiger partial charge >= 0.3 is 0 Å². The normalized spacial score (nSPS) is 35.9. The molecule has 0 saturated heterocycles. The number of fused-ring (bicyclic) bond motifs is 2. The van der Waals surface area contributed by atoms with Crippen LogP contribution in [0.25, 0.3) is 0 Å². The third kappa shape index (κ3) is 1.99. The molecule has 2 heteroatoms. The molecular weight excluding hydrogens is 284 g/mol. The lowest BCUT2D eigenvalue weighted by molar-refractivity contribution is -0.121. The van der Waals surface area contributed by atoms with Gasteiger partial charge in [-0.3, -0.25) is 0 Å². The summed E-state index contributed by atoms with van der Waals surface area (Å²) in [6, 6.07) is 4.22. The summed E-state index contributed by atoms with van der Waals surface area (Å²) in [7, 11) is 0. The van der Waals surface area contributed by atoms with Crippen molar-refractivity contribution in [1.29, 1.82) is 0 Å². The molecule has 2 saturated carbocycles. The number of benzene rings is 1. The Bertz CT molecular complexity index is 633. The number of phenolic OH excluding ortho intramolecular Hbond substituents is 1. The number of rotatable bonds is 4. The zero-order chi connectivity index (χ0) is 16.4. The Kier molecular flexibility index (Phi) is 3.28. The van der Waals surface area contributed by atoms with Crippen molar-refractivity contribution >= 4 is 0 Å². The maximum absolute atomic E-state index is 10.7. The molecule has 0 radical (unpaired) electrons. The van der Waals surface area contributed by atoms with Crippen LogP contribution >= 0.6 is 0 Å². The fourth-order valence-electron chi connectivity index (χ4n) is 5.92. The first kappa shape index (κ1) is 15.4. The Morgan fingerprint density at radius 1 is 1.22 bits per heavy atom. The first-order valence-electron chi connectivity index (χ1n) is 9.43. The van der Waals surface area contributed by atoms with E-state index < -0.39 is 0 Å². The van der Waals surface area contributed by atoms with Gasteiger partial charge in [-0.1, -0.05) is 33.6 Å². The van der Waals surface area contributed by atoms with Gasteiger partial charge in [0.25, 0.3) is 0 Å². The van der Waals surface area contributed by atoms with Crippen molar-refractivity contribution in [3.63, 3.8) is 0 Å². The molecular formula is C21H30O2. The predicted molar refractivity (Wildman–Crippen MR) is 93.1 cm³/mol. The number of ether oxygens (including phenoxy) is 1. The molecule has 1 heterocycles. The van der Waals surface area contributed by atoms with Crippen LogP contribution in [0.1, 0.15) is 76.8 Å². The van der Waals surface area contributed by atoms with E-state index in [2.05, 4.69) is 33.8 Å². The molecule has 0 unspecified atom stereocenters. The molecule has 0 bridgehead atoms. The molecule has 3 aliphatic rings. The number of phenols is 1. The molecule has 1 aliphatic heterocycles. The Morgan fingerprint density at radius 3 is 2.74 bits per heavy atom. The molecule has 0 spiro atoms. The Balaban J connectivity index is 1.73. The second-order valence-electron chi connectivity index (χ2n) is 8.87. The molecule has 2 fully saturated rings. The van der Waals surface area contributed by atoms with Gasteiger partial charge < -0.3 is 9.84 Å². The zero-order valence-electron chi connectivity index (χ0n) is 15.0. The fourth-order valence-corrected chi connectivity index (χ4v) is 5.92. The third-order valence-electron chi connectivity index (χ3n) is 7.11. The number of aryl methyl sites for hydroxylation is 1. The minimum absolute atomic E-state index is 0.0215. The summed E-state index contributed by atoms with van der Waals surface area (Å²) < 4.78 is 6.51. The Hall–Kier alpha value is -1.18. The highest BCUT2D eigenvalue weighted by atomic mass is 16.5. The summed E-state index contributed by atoms with van der Waals surface area (Å²) in [5.74, 6) is 3.22. The van der Waals surface area contributed by atoms with E-state index in [1.807, 2.05) is 6.07 Å². The van der Waals surface area contributed by atoms with Crippen molar-refractivity contribution in [2.75, 3.05) is 0 Å². The highest BCUT2D eigenvalue weighted by molar-refractivity contribution is 5.55. The lowest BCUT2D eigenvalue weighted by Crippen LogP contribution is -2.59. The van der Waals surface area contributed by atoms with Gasteiger partial charge in [0.1, 0.15) is 17.1 Å². The predicted octanol–water partition coefficient (Wildman–Crippen LogP) is 5.43. The highest BCUT2D eigenvalue weighted by Gasteiger charge is 2.69. The highest BCUT2D eigenvalue weighted by Crippen LogP contribution is 2.74. The maximum Gasteiger partial charge on any atom is 0.127 e. The maximum atomic E-state index is 10.7. The standard InChI is InChI=1S/C21H30O2/c1-5-6-7-8-13-11-15(22)17-16(12-13)23-21(4)10-9-14-18(21)19(17)20(14,2)3/h11-12,14,18-19,22H,5-10H2,1-4H3/t14-,18+,19-,21+/m1/s1. The van der Waals surface area contributed by atoms with E-state index in [1.54, 1.807) is 0 Å². The van der Waals surface area contributed by atoms with Crippen molar-refractivity contribution in [3.05, 3.63) is 23.3 Å². The molecule has 1 aromatic rings. The van der Waals surface area contributed by atoms with Crippen LogP contribution in [0.4, 0.5) is 0 Å². The van der Waals surface area contributed by atoms with E-state index >= 15 is 0 Å². The average Bonchev–Trinajstić information content (AvgIpc) is 2.81. The summed E-state index contributed by atoms with van der Waals surface area (Å²) in [5, 5.41) is 10.7. The summed E-state index contributed by atoms with van der Waals surface area (Å²) in [5.41, 5.74) is 2.58. The van der Waals surface area contributed by atoms with E-state index in [4.69, 9.17) is 4.74 Å². The largest absolute Gasteiger partial charge is 0.508 e. The van der Waals surface area contributed by atoms with Crippen molar-refractivity contribution in [2.45, 2.75) is 77.7 Å². The average molecular weight is 314 g/mol. The number of aromatic hydroxyl groups is 1. The van der Waals surface area contributed by atoms with Crippen molar-refractivity contribution in [1.82, 2.24) is 0 Å². The summed E-state index contributed by atoms with van der Waals surface area (Å²) >= 11 is 0. The lowest BCUT2D eigenvalue weighted by Gasteiger charge is -2.62. The minimum Gasteiger partial charge on any atom is -0.508 e. The molecule has 1 N–H and O–H groups in total. The molecule has 2 aliphatic carbocycles. The van der Waals surface area contributed by atoms with Gasteiger partial charge in [0.2, 0.25) is 0 Å². The minimum atomic E-state index is -0.0215. The Morgan fingerprint density at radius 2 is 2.00 bits per heavy atom. The van der Waals surface area contributed by atoms with Gasteiger partial charge in [-0.25, -0.2) is 0 Å². The van der Waals surface area contributed by atoms with Crippen molar-refractivity contribution in [3.8, 4) is 11.5 Å². The third-order valence-corrected chi connectivity index (χ3v) is 7.11. The van der Waals surface area contributed by atoms with E-state index in [0.29, 0.717) is 17.6 Å². The van der Waals surface area contributed by atoms with Gasteiger partial charge in [0.15, 0.2) is 0 Å². The van der Waals surface area contributed by atoms with E-state index in [-0.39, 0.29) is 11.0 Å². The monoisotopic (exact) mass is 314 g/mol. The second-order valence-corrected chi connectivity index (χ2v) is 8.87. The quantitative estimate of drug-likeness (QED) is 0.751. The van der Waals surface area contributed by atoms with Crippen molar-refractivity contribution < 1.29 is 9.84 Å². The Labute approximate surface area is 140 Å². The summed E-state index contributed by atoms with van der Waals surface area (Å²) in [6.07, 6.45) is 7.12. The van der Waals surface area contributed by atoms with Crippen LogP contribution in [0.15, 0.2) is 12.1 Å². The SMILES string of the molecule is CCCCCc1cc(O)c2c(c1)O[C@@]1(C)CC[C@@H]3[C@H]1[C@@H]2C3(C)C. The van der Waals surface area contributed by atoms with Crippen molar-refractivity contribution in [2.24, 2.45) is 17.3 Å². The molecule has 1 aromatic carbocycles. The molecule has 0 aromatic heterocycles. The van der Waals surface area contributed by atoms with Crippen LogP contribution < -0.4 is 4.74 Å². The summed E-state index contributed by atoms with van der Waals surface area (Å²) in [4.78, 5) is 0. The second kappa shape index (κ2) is 4.91. The first-order chi connectivity index (χ1) is 10.9. The smallest absolute Gasteiger partial charge is 0.127 e. The van der Waals surface area contributed by atoms with Crippen LogP contribution in [-0.2, 0) is 6.42 Å². The van der Waals surface area contributed by atoms with Crippen LogP contribution in [-0.4, -0.2) is 10.7 Å². The van der Waals surface area contributed by atoms with Crippen LogP contribution in [0, 0.1) is 17.3 Å². The van der Waals surface area contributed by atoms with Crippen LogP contribution in [0.2, 0.25) is 0 Å². The van der Waals surface area contributed by atoms with E-state index in [0.717, 1.165) is 30.1 Å². The molecule has 23 heavy (non-hydrogen) atoms. The van der Waals surface area contributed by atoms with Crippen LogP contribution in [0.5, 0.6) is 11.5 Å². The number of hydrogen-bond acceptors (Lipinski definition) is 2. The van der Waals surface area contributed by atoms with Crippen LogP contribution in [0.3, 0.4) is 0 Å². The van der Waals surface area contributed by atoms with Gasteiger partial charge in [0, 0.05) is 17.4 Å². The van der Waals surface area contributed by atoms with Gasteiger partial charge in [-0.15, -0.1) is 0 Å². The van der Waals surface area contributed by atoms with Gasteiger partial charge in [0.05, 0.1) is 0 Å². The van der Waals surface area contributed by atoms with E-state index in [9.17, 15) is 5.11 Å². The van der Waals surface area contributed by atoms with Gasteiger partial charge in [-0.2, -0.15) is 0 Å². The number of unbranched alkanes of at least 4 members (excludes halogenated alkanes) is 2. The molecule has 126 valence electrons. The van der Waals surface area contributed by atoms with E-state index in [1.165, 1.54) is 31.2 Å². The molecule has 4 rings (SSSR count). The summed E-state index contributed by atoms with van der Waals surface area (Å²) in [6.45, 7) is 9.29. The zero-order valence-corrected chi connectivity index (χ0v) is 15.0. The fraction of sp³-hybridized carbons (Fsp3) is 0.714. The molecule has 2 nitrogen and oxygen atoms in total. The molecule has 0 amide bonds. The first-order valence-corrected chi connectivity index (χ1v) is 9.43. The number of hydrogen-bond donors (Lipinski definition) is 1. The van der Waals surface area contributed by atoms with Gasteiger partial charge in [-0.05, 0) is 61.6 Å².